The molecule has 0 unspecified atom stereocenters. The van der Waals surface area contributed by atoms with Gasteiger partial charge in [-0.05, 0) is 30.5 Å². The van der Waals surface area contributed by atoms with Gasteiger partial charge in [0.05, 0.1) is 4.92 Å². The minimum atomic E-state index is -0.804. The number of nitro benzene ring substituents is 1. The monoisotopic (exact) mass is 396 g/mol. The molecule has 29 heavy (non-hydrogen) atoms. The highest BCUT2D eigenvalue weighted by Crippen LogP contribution is 2.27. The van der Waals surface area contributed by atoms with E-state index in [0.717, 1.165) is 24.1 Å². The average Bonchev–Trinajstić information content (AvgIpc) is 2.75. The van der Waals surface area contributed by atoms with Gasteiger partial charge in [-0.25, -0.2) is 0 Å². The van der Waals surface area contributed by atoms with Gasteiger partial charge in [0.2, 0.25) is 11.8 Å². The molecule has 0 spiro atoms. The molecule has 0 saturated heterocycles. The number of carbonyl (C=O) groups is 3. The lowest BCUT2D eigenvalue weighted by Crippen LogP contribution is -2.42. The maximum Gasteiger partial charge on any atom is 0.282 e. The topological polar surface area (TPSA) is 122 Å². The third-order valence-electron chi connectivity index (χ3n) is 4.64. The van der Waals surface area contributed by atoms with Crippen LogP contribution in [-0.2, 0) is 16.0 Å². The number of carbonyl (C=O) groups excluding carboxylic acids is 3. The van der Waals surface area contributed by atoms with Crippen molar-refractivity contribution in [3.63, 3.8) is 0 Å². The zero-order valence-corrected chi connectivity index (χ0v) is 15.6. The zero-order valence-electron chi connectivity index (χ0n) is 15.6. The molecule has 1 aliphatic heterocycles. The van der Waals surface area contributed by atoms with Gasteiger partial charge in [0.1, 0.15) is 5.56 Å². The standard InChI is InChI=1S/C20H20N4O5/c25-18(21-22-20(27)15-8-2-4-10-17(15)24(28)29)11-12-19(26)23-13-5-7-14-6-1-3-9-16(14)23/h1-4,6,8-10H,5,7,11-13H2,(H,21,25)(H,22,27). The Balaban J connectivity index is 1.51. The van der Waals surface area contributed by atoms with Crippen molar-refractivity contribution in [2.45, 2.75) is 25.7 Å². The summed E-state index contributed by atoms with van der Waals surface area (Å²) >= 11 is 0. The number of nitrogens with zero attached hydrogens (tertiary/aromatic N) is 2. The lowest BCUT2D eigenvalue weighted by molar-refractivity contribution is -0.385. The van der Waals surface area contributed by atoms with E-state index in [2.05, 4.69) is 10.9 Å². The van der Waals surface area contributed by atoms with Crippen molar-refractivity contribution < 1.29 is 19.3 Å². The van der Waals surface area contributed by atoms with Crippen LogP contribution in [0, 0.1) is 10.1 Å². The number of nitrogens with one attached hydrogen (secondary N) is 2. The molecule has 0 aliphatic carbocycles. The summed E-state index contributed by atoms with van der Waals surface area (Å²) in [5, 5.41) is 11.0. The van der Waals surface area contributed by atoms with E-state index in [4.69, 9.17) is 0 Å². The summed E-state index contributed by atoms with van der Waals surface area (Å²) < 4.78 is 0. The molecule has 3 rings (SSSR count). The summed E-state index contributed by atoms with van der Waals surface area (Å²) in [4.78, 5) is 48.6. The number of hydrazine groups is 1. The molecular formula is C20H20N4O5. The van der Waals surface area contributed by atoms with E-state index in [0.29, 0.717) is 6.54 Å². The molecule has 2 N–H and O–H groups in total. The number of benzene rings is 2. The van der Waals surface area contributed by atoms with Crippen LogP contribution in [0.4, 0.5) is 11.4 Å². The van der Waals surface area contributed by atoms with E-state index < -0.39 is 16.7 Å². The van der Waals surface area contributed by atoms with Crippen LogP contribution in [0.5, 0.6) is 0 Å². The predicted octanol–water partition coefficient (Wildman–Crippen LogP) is 2.12. The van der Waals surface area contributed by atoms with Crippen molar-refractivity contribution in [3.8, 4) is 0 Å². The number of aryl methyl sites for hydroxylation is 1. The van der Waals surface area contributed by atoms with E-state index in [1.165, 1.54) is 24.3 Å². The Morgan fingerprint density at radius 1 is 1.00 bits per heavy atom. The van der Waals surface area contributed by atoms with Crippen molar-refractivity contribution in [1.29, 1.82) is 0 Å². The number of hydrogen-bond acceptors (Lipinski definition) is 5. The van der Waals surface area contributed by atoms with Crippen LogP contribution in [0.1, 0.15) is 35.2 Å². The molecule has 0 fully saturated rings. The summed E-state index contributed by atoms with van der Waals surface area (Å²) in [5.74, 6) is -1.53. The van der Waals surface area contributed by atoms with Crippen LogP contribution in [0.3, 0.4) is 0 Å². The largest absolute Gasteiger partial charge is 0.312 e. The van der Waals surface area contributed by atoms with Crippen molar-refractivity contribution in [1.82, 2.24) is 10.9 Å². The van der Waals surface area contributed by atoms with Gasteiger partial charge in [-0.3, -0.25) is 35.3 Å². The van der Waals surface area contributed by atoms with Crippen molar-refractivity contribution in [2.24, 2.45) is 0 Å². The Morgan fingerprint density at radius 2 is 1.72 bits per heavy atom. The number of rotatable bonds is 5. The van der Waals surface area contributed by atoms with Crippen LogP contribution in [-0.4, -0.2) is 29.2 Å². The third-order valence-corrected chi connectivity index (χ3v) is 4.64. The molecule has 1 heterocycles. The second-order valence-corrected chi connectivity index (χ2v) is 6.55. The Bertz CT molecular complexity index is 959. The second kappa shape index (κ2) is 8.96. The van der Waals surface area contributed by atoms with Crippen molar-refractivity contribution in [3.05, 3.63) is 69.8 Å². The highest BCUT2D eigenvalue weighted by atomic mass is 16.6. The van der Waals surface area contributed by atoms with Gasteiger partial charge < -0.3 is 4.90 Å². The molecule has 0 radical (unpaired) electrons. The molecule has 9 nitrogen and oxygen atoms in total. The first-order chi connectivity index (χ1) is 14.0. The number of amides is 3. The minimum absolute atomic E-state index is 0.0124. The maximum absolute atomic E-state index is 12.5. The van der Waals surface area contributed by atoms with Gasteiger partial charge in [-0.1, -0.05) is 30.3 Å². The van der Waals surface area contributed by atoms with E-state index in [1.54, 1.807) is 4.90 Å². The zero-order chi connectivity index (χ0) is 20.8. The van der Waals surface area contributed by atoms with Gasteiger partial charge >= 0.3 is 0 Å². The van der Waals surface area contributed by atoms with Crippen LogP contribution < -0.4 is 15.8 Å². The maximum atomic E-state index is 12.5. The highest BCUT2D eigenvalue weighted by molar-refractivity contribution is 5.99. The van der Waals surface area contributed by atoms with Gasteiger partial charge in [0.25, 0.3) is 11.6 Å². The fourth-order valence-electron chi connectivity index (χ4n) is 3.23. The highest BCUT2D eigenvalue weighted by Gasteiger charge is 2.23. The third kappa shape index (κ3) is 4.75. The number of fused-ring (bicyclic) bond motifs is 1. The summed E-state index contributed by atoms with van der Waals surface area (Å²) in [6.07, 6.45) is 1.65. The Labute approximate surface area is 166 Å². The molecule has 150 valence electrons. The van der Waals surface area contributed by atoms with E-state index in [9.17, 15) is 24.5 Å². The molecule has 2 aromatic rings. The molecule has 1 aliphatic rings. The molecule has 3 amide bonds. The Hall–Kier alpha value is -3.75. The van der Waals surface area contributed by atoms with Crippen LogP contribution >= 0.6 is 0 Å². The molecule has 0 aromatic heterocycles. The minimum Gasteiger partial charge on any atom is -0.312 e. The fraction of sp³-hybridized carbons (Fsp3) is 0.250. The van der Waals surface area contributed by atoms with Gasteiger partial charge in [0.15, 0.2) is 0 Å². The number of hydrogen-bond donors (Lipinski definition) is 2. The first kappa shape index (κ1) is 20.0. The van der Waals surface area contributed by atoms with Gasteiger partial charge in [-0.15, -0.1) is 0 Å². The van der Waals surface area contributed by atoms with E-state index in [-0.39, 0.29) is 30.0 Å². The van der Waals surface area contributed by atoms with Crippen molar-refractivity contribution >= 4 is 29.1 Å². The second-order valence-electron chi connectivity index (χ2n) is 6.55. The van der Waals surface area contributed by atoms with Gasteiger partial charge in [0, 0.05) is 31.1 Å². The van der Waals surface area contributed by atoms with E-state index >= 15 is 0 Å². The first-order valence-electron chi connectivity index (χ1n) is 9.18. The predicted molar refractivity (Wildman–Crippen MR) is 105 cm³/mol. The van der Waals surface area contributed by atoms with Crippen LogP contribution in [0.25, 0.3) is 0 Å². The SMILES string of the molecule is O=C(CCC(=O)N1CCCc2ccccc21)NNC(=O)c1ccccc1[N+](=O)[O-]. The average molecular weight is 396 g/mol. The molecule has 9 heteroatoms. The fourth-order valence-corrected chi connectivity index (χ4v) is 3.23. The Morgan fingerprint density at radius 3 is 2.52 bits per heavy atom. The molecular weight excluding hydrogens is 376 g/mol. The number of anilines is 1. The first-order valence-corrected chi connectivity index (χ1v) is 9.18. The number of para-hydroxylation sites is 2. The summed E-state index contributed by atoms with van der Waals surface area (Å²) in [6.45, 7) is 0.603. The van der Waals surface area contributed by atoms with Crippen LogP contribution in [0.2, 0.25) is 0 Å². The van der Waals surface area contributed by atoms with E-state index in [1.807, 2.05) is 24.3 Å². The lowest BCUT2D eigenvalue weighted by atomic mass is 10.0. The summed E-state index contributed by atoms with van der Waals surface area (Å²) in [5.41, 5.74) is 5.78. The van der Waals surface area contributed by atoms with Crippen LogP contribution in [0.15, 0.2) is 48.5 Å². The molecule has 0 bridgehead atoms. The Kier molecular flexibility index (Phi) is 6.18. The van der Waals surface area contributed by atoms with Crippen molar-refractivity contribution in [2.75, 3.05) is 11.4 Å². The molecule has 0 atom stereocenters. The normalized spacial score (nSPS) is 12.6. The smallest absolute Gasteiger partial charge is 0.282 e. The quantitative estimate of drug-likeness (QED) is 0.592. The molecule has 0 saturated carbocycles. The summed E-state index contributed by atoms with van der Waals surface area (Å²) in [7, 11) is 0. The summed E-state index contributed by atoms with van der Waals surface area (Å²) in [6, 6.07) is 13.1. The molecule has 2 aromatic carbocycles. The number of nitro groups is 1. The van der Waals surface area contributed by atoms with Gasteiger partial charge in [-0.2, -0.15) is 0 Å². The lowest BCUT2D eigenvalue weighted by Gasteiger charge is -2.29.